The number of nitrogens with zero attached hydrogens (tertiary/aromatic N) is 2. The van der Waals surface area contributed by atoms with E-state index >= 15 is 0 Å². The average molecular weight is 315 g/mol. The molecule has 1 saturated heterocycles. The van der Waals surface area contributed by atoms with Gasteiger partial charge in [0, 0.05) is 6.42 Å². The summed E-state index contributed by atoms with van der Waals surface area (Å²) < 4.78 is 0. The van der Waals surface area contributed by atoms with Gasteiger partial charge in [-0.15, -0.1) is 0 Å². The van der Waals surface area contributed by atoms with E-state index in [1.165, 1.54) is 0 Å². The second-order valence-electron chi connectivity index (χ2n) is 6.30. The number of carbonyl (C=O) groups is 2. The number of nitrogens with one attached hydrogen (secondary N) is 1. The first-order valence-electron chi connectivity index (χ1n) is 8.19. The molecule has 122 valence electrons. The zero-order valence-electron chi connectivity index (χ0n) is 13.2. The van der Waals surface area contributed by atoms with E-state index < -0.39 is 0 Å². The maximum Gasteiger partial charge on any atom is 0.297 e. The normalized spacial score (nSPS) is 24.3. The van der Waals surface area contributed by atoms with Gasteiger partial charge in [0.2, 0.25) is 5.91 Å². The van der Waals surface area contributed by atoms with E-state index in [0.29, 0.717) is 19.6 Å². The van der Waals surface area contributed by atoms with Gasteiger partial charge in [-0.1, -0.05) is 30.3 Å². The summed E-state index contributed by atoms with van der Waals surface area (Å²) >= 11 is 0. The van der Waals surface area contributed by atoms with Crippen molar-refractivity contribution in [1.29, 1.82) is 0 Å². The molecule has 6 heteroatoms. The molecule has 1 aromatic carbocycles. The summed E-state index contributed by atoms with van der Waals surface area (Å²) in [5, 5.41) is 6.05. The molecule has 0 spiro atoms. The Morgan fingerprint density at radius 3 is 2.83 bits per heavy atom. The minimum absolute atomic E-state index is 0.0241. The minimum atomic E-state index is -0.250. The summed E-state index contributed by atoms with van der Waals surface area (Å²) in [7, 11) is 0. The zero-order chi connectivity index (χ0) is 16.2. The number of rotatable bonds is 4. The average Bonchev–Trinajstić information content (AvgIpc) is 3.06. The highest BCUT2D eigenvalue weighted by Gasteiger charge is 2.30. The van der Waals surface area contributed by atoms with Crippen molar-refractivity contribution in [1.82, 2.24) is 5.01 Å². The molecule has 2 atom stereocenters. The Hall–Kier alpha value is -2.21. The molecular weight excluding hydrogens is 292 g/mol. The Labute approximate surface area is 135 Å². The van der Waals surface area contributed by atoms with Crippen molar-refractivity contribution in [2.75, 3.05) is 26.2 Å². The first-order valence-corrected chi connectivity index (χ1v) is 8.19. The van der Waals surface area contributed by atoms with E-state index in [1.54, 1.807) is 5.01 Å². The minimum Gasteiger partial charge on any atom is -0.369 e. The molecule has 0 aliphatic carbocycles. The SMILES string of the molecule is NC(=O)[C@H]1CCC[NH+](CC(=O)N2CCC(c3ccccc3)=N2)C1. The van der Waals surface area contributed by atoms with Gasteiger partial charge in [-0.2, -0.15) is 5.10 Å². The quantitative estimate of drug-likeness (QED) is 0.778. The molecule has 1 unspecified atom stereocenters. The number of hydrogen-bond acceptors (Lipinski definition) is 3. The number of hydrazone groups is 1. The highest BCUT2D eigenvalue weighted by Crippen LogP contribution is 2.13. The van der Waals surface area contributed by atoms with Crippen molar-refractivity contribution in [3.8, 4) is 0 Å². The van der Waals surface area contributed by atoms with Crippen LogP contribution >= 0.6 is 0 Å². The van der Waals surface area contributed by atoms with Crippen LogP contribution in [0.4, 0.5) is 0 Å². The molecule has 1 aromatic rings. The predicted octanol–water partition coefficient (Wildman–Crippen LogP) is -0.597. The largest absolute Gasteiger partial charge is 0.369 e. The van der Waals surface area contributed by atoms with Crippen molar-refractivity contribution >= 4 is 17.5 Å². The number of likely N-dealkylation sites (tertiary alicyclic amines) is 1. The van der Waals surface area contributed by atoms with Gasteiger partial charge >= 0.3 is 0 Å². The van der Waals surface area contributed by atoms with E-state index in [0.717, 1.165) is 42.0 Å². The molecule has 23 heavy (non-hydrogen) atoms. The van der Waals surface area contributed by atoms with Crippen LogP contribution in [-0.4, -0.2) is 48.7 Å². The molecule has 1 fully saturated rings. The maximum atomic E-state index is 12.4. The van der Waals surface area contributed by atoms with Gasteiger partial charge in [0.25, 0.3) is 5.91 Å². The Morgan fingerprint density at radius 2 is 2.09 bits per heavy atom. The molecule has 2 aliphatic rings. The van der Waals surface area contributed by atoms with E-state index in [4.69, 9.17) is 5.73 Å². The number of piperidine rings is 1. The maximum absolute atomic E-state index is 12.4. The van der Waals surface area contributed by atoms with Gasteiger partial charge in [0.15, 0.2) is 6.54 Å². The Morgan fingerprint density at radius 1 is 1.30 bits per heavy atom. The monoisotopic (exact) mass is 315 g/mol. The second kappa shape index (κ2) is 6.91. The number of nitrogens with two attached hydrogens (primary N) is 1. The van der Waals surface area contributed by atoms with Crippen molar-refractivity contribution in [3.63, 3.8) is 0 Å². The lowest BCUT2D eigenvalue weighted by molar-refractivity contribution is -0.899. The number of carbonyl (C=O) groups excluding carboxylic acids is 2. The Bertz CT molecular complexity index is 614. The van der Waals surface area contributed by atoms with Crippen LogP contribution in [0.5, 0.6) is 0 Å². The first kappa shape index (κ1) is 15.7. The fourth-order valence-corrected chi connectivity index (χ4v) is 3.33. The van der Waals surface area contributed by atoms with Crippen LogP contribution in [0.2, 0.25) is 0 Å². The number of quaternary nitrogens is 1. The lowest BCUT2D eigenvalue weighted by Crippen LogP contribution is -3.14. The van der Waals surface area contributed by atoms with Crippen LogP contribution in [-0.2, 0) is 9.59 Å². The van der Waals surface area contributed by atoms with Gasteiger partial charge in [-0.3, -0.25) is 9.59 Å². The lowest BCUT2D eigenvalue weighted by Gasteiger charge is -2.28. The second-order valence-corrected chi connectivity index (χ2v) is 6.30. The highest BCUT2D eigenvalue weighted by molar-refractivity contribution is 6.02. The molecule has 3 N–H and O–H groups in total. The zero-order valence-corrected chi connectivity index (χ0v) is 13.2. The summed E-state index contributed by atoms with van der Waals surface area (Å²) in [6.07, 6.45) is 2.57. The third-order valence-corrected chi connectivity index (χ3v) is 4.62. The molecule has 2 amide bonds. The molecule has 3 rings (SSSR count). The van der Waals surface area contributed by atoms with E-state index in [-0.39, 0.29) is 17.7 Å². The van der Waals surface area contributed by atoms with Crippen LogP contribution in [0.3, 0.4) is 0 Å². The van der Waals surface area contributed by atoms with Crippen LogP contribution < -0.4 is 10.6 Å². The van der Waals surface area contributed by atoms with E-state index in [9.17, 15) is 9.59 Å². The van der Waals surface area contributed by atoms with Gasteiger partial charge < -0.3 is 10.6 Å². The number of primary amides is 1. The van der Waals surface area contributed by atoms with Crippen LogP contribution in [0.15, 0.2) is 35.4 Å². The van der Waals surface area contributed by atoms with Crippen LogP contribution in [0.25, 0.3) is 0 Å². The summed E-state index contributed by atoms with van der Waals surface area (Å²) in [5.41, 5.74) is 7.43. The number of hydrogen-bond donors (Lipinski definition) is 2. The smallest absolute Gasteiger partial charge is 0.297 e. The summed E-state index contributed by atoms with van der Waals surface area (Å²) in [6, 6.07) is 9.95. The molecule has 0 radical (unpaired) electrons. The molecule has 0 bridgehead atoms. The summed E-state index contributed by atoms with van der Waals surface area (Å²) in [6.45, 7) is 2.59. The van der Waals surface area contributed by atoms with Gasteiger partial charge in [0.1, 0.15) is 0 Å². The number of benzene rings is 1. The lowest BCUT2D eigenvalue weighted by atomic mass is 9.97. The standard InChI is InChI=1S/C17H22N4O2/c18-17(23)14-7-4-9-20(11-14)12-16(22)21-10-8-15(19-21)13-5-2-1-3-6-13/h1-3,5-6,14H,4,7-12H2,(H2,18,23)/p+1/t14-/m0/s1. The topological polar surface area (TPSA) is 80.2 Å². The highest BCUT2D eigenvalue weighted by atomic mass is 16.2. The summed E-state index contributed by atoms with van der Waals surface area (Å²) in [4.78, 5) is 24.9. The third kappa shape index (κ3) is 3.76. The van der Waals surface area contributed by atoms with Crippen molar-refractivity contribution in [2.24, 2.45) is 16.8 Å². The van der Waals surface area contributed by atoms with Crippen molar-refractivity contribution in [2.45, 2.75) is 19.3 Å². The summed E-state index contributed by atoms with van der Waals surface area (Å²) in [5.74, 6) is -0.329. The molecule has 2 heterocycles. The van der Waals surface area contributed by atoms with Gasteiger partial charge in [-0.05, 0) is 18.4 Å². The molecule has 2 aliphatic heterocycles. The number of amides is 2. The van der Waals surface area contributed by atoms with Crippen molar-refractivity contribution < 1.29 is 14.5 Å². The molecule has 6 nitrogen and oxygen atoms in total. The Balaban J connectivity index is 1.59. The fourth-order valence-electron chi connectivity index (χ4n) is 3.33. The molecule has 0 saturated carbocycles. The Kier molecular flexibility index (Phi) is 4.71. The van der Waals surface area contributed by atoms with Crippen LogP contribution in [0, 0.1) is 5.92 Å². The van der Waals surface area contributed by atoms with E-state index in [2.05, 4.69) is 5.10 Å². The van der Waals surface area contributed by atoms with Crippen molar-refractivity contribution in [3.05, 3.63) is 35.9 Å². The van der Waals surface area contributed by atoms with Crippen LogP contribution in [0.1, 0.15) is 24.8 Å². The van der Waals surface area contributed by atoms with Gasteiger partial charge in [0.05, 0.1) is 31.3 Å². The van der Waals surface area contributed by atoms with E-state index in [1.807, 2.05) is 30.3 Å². The molecular formula is C17H23N4O2+. The molecule has 0 aromatic heterocycles. The first-order chi connectivity index (χ1) is 11.1. The van der Waals surface area contributed by atoms with Gasteiger partial charge in [-0.25, -0.2) is 5.01 Å². The third-order valence-electron chi connectivity index (χ3n) is 4.62. The fraction of sp³-hybridized carbons (Fsp3) is 0.471. The predicted molar refractivity (Wildman–Crippen MR) is 86.8 cm³/mol.